The molecule has 1 unspecified atom stereocenters. The van der Waals surface area contributed by atoms with Gasteiger partial charge < -0.3 is 21.1 Å². The summed E-state index contributed by atoms with van der Waals surface area (Å²) in [6.45, 7) is 3.86. The minimum Gasteiger partial charge on any atom is -0.392 e. The van der Waals surface area contributed by atoms with Gasteiger partial charge in [-0.2, -0.15) is 0 Å². The van der Waals surface area contributed by atoms with E-state index in [0.29, 0.717) is 16.7 Å². The van der Waals surface area contributed by atoms with Gasteiger partial charge in [-0.05, 0) is 68.6 Å². The molecule has 194 valence electrons. The molecule has 3 aromatic rings. The number of nitrogens with one attached hydrogen (secondary N) is 1. The number of carbonyl (C=O) groups excluding carboxylic acids is 1. The van der Waals surface area contributed by atoms with Gasteiger partial charge in [-0.3, -0.25) is 19.8 Å². The van der Waals surface area contributed by atoms with Crippen molar-refractivity contribution < 1.29 is 14.8 Å². The summed E-state index contributed by atoms with van der Waals surface area (Å²) in [5, 5.41) is 24.6. The quantitative estimate of drug-likeness (QED) is 0.238. The van der Waals surface area contributed by atoms with Crippen molar-refractivity contribution in [1.29, 1.82) is 0 Å². The summed E-state index contributed by atoms with van der Waals surface area (Å²) in [5.74, 6) is -0.202. The van der Waals surface area contributed by atoms with E-state index in [0.717, 1.165) is 74.6 Å². The second-order valence-electron chi connectivity index (χ2n) is 9.55. The highest BCUT2D eigenvalue weighted by atomic mass is 32.1. The van der Waals surface area contributed by atoms with Crippen LogP contribution in [0, 0.1) is 10.1 Å². The number of rotatable bonds is 7. The fourth-order valence-electron chi connectivity index (χ4n) is 5.10. The number of nitrogens with two attached hydrogens (primary N) is 1. The first-order valence-corrected chi connectivity index (χ1v) is 13.3. The van der Waals surface area contributed by atoms with Crippen molar-refractivity contribution in [2.45, 2.75) is 37.8 Å². The van der Waals surface area contributed by atoms with Crippen LogP contribution >= 0.6 is 11.3 Å². The highest BCUT2D eigenvalue weighted by molar-refractivity contribution is 7.18. The van der Waals surface area contributed by atoms with E-state index in [4.69, 9.17) is 5.73 Å². The third-order valence-corrected chi connectivity index (χ3v) is 8.08. The van der Waals surface area contributed by atoms with Crippen LogP contribution in [0.3, 0.4) is 0 Å². The van der Waals surface area contributed by atoms with Crippen LogP contribution in [0.1, 0.15) is 40.9 Å². The standard InChI is InChI=1S/C26H30N6O4S/c27-25-24(23(34)17-3-7-21(8-4-17)32(35)36)37-26(29-25)28-18-5-9-19(10-6-18)30-14-11-20(12-15-30)31-13-1-2-22(33)16-31/h3-10,20,22,33H,1-2,11-16,27H2,(H,28,29). The van der Waals surface area contributed by atoms with E-state index in [1.54, 1.807) is 0 Å². The van der Waals surface area contributed by atoms with Crippen LogP contribution in [0.4, 0.5) is 28.0 Å². The molecule has 0 bridgehead atoms. The Morgan fingerprint density at radius 1 is 1.08 bits per heavy atom. The maximum atomic E-state index is 12.8. The van der Waals surface area contributed by atoms with Crippen LogP contribution in [0.15, 0.2) is 48.5 Å². The molecule has 10 nitrogen and oxygen atoms in total. The molecule has 0 radical (unpaired) electrons. The number of benzene rings is 2. The maximum absolute atomic E-state index is 12.8. The molecule has 11 heteroatoms. The minimum atomic E-state index is -0.508. The van der Waals surface area contributed by atoms with Crippen molar-refractivity contribution in [3.63, 3.8) is 0 Å². The lowest BCUT2D eigenvalue weighted by Gasteiger charge is -2.42. The molecular formula is C26H30N6O4S. The first-order valence-electron chi connectivity index (χ1n) is 12.5. The molecule has 1 aromatic heterocycles. The number of β-amino-alcohol motifs (C(OH)–C–C–N with tert-alkyl or cyclic N) is 1. The summed E-state index contributed by atoms with van der Waals surface area (Å²) in [7, 11) is 0. The van der Waals surface area contributed by atoms with E-state index in [1.165, 1.54) is 24.3 Å². The summed E-state index contributed by atoms with van der Waals surface area (Å²) < 4.78 is 0. The van der Waals surface area contributed by atoms with Crippen molar-refractivity contribution in [2.24, 2.45) is 0 Å². The second-order valence-corrected chi connectivity index (χ2v) is 10.5. The summed E-state index contributed by atoms with van der Waals surface area (Å²) >= 11 is 1.15. The van der Waals surface area contributed by atoms with Crippen LogP contribution in [0.2, 0.25) is 0 Å². The number of carbonyl (C=O) groups is 1. The van der Waals surface area contributed by atoms with E-state index >= 15 is 0 Å². The first-order chi connectivity index (χ1) is 17.9. The summed E-state index contributed by atoms with van der Waals surface area (Å²) in [6.07, 6.45) is 4.00. The summed E-state index contributed by atoms with van der Waals surface area (Å²) in [6, 6.07) is 14.1. The molecule has 0 aliphatic carbocycles. The zero-order valence-corrected chi connectivity index (χ0v) is 21.2. The number of likely N-dealkylation sites (tertiary alicyclic amines) is 1. The van der Waals surface area contributed by atoms with E-state index in [9.17, 15) is 20.0 Å². The van der Waals surface area contributed by atoms with E-state index in [1.807, 2.05) is 12.1 Å². The monoisotopic (exact) mass is 522 g/mol. The highest BCUT2D eigenvalue weighted by Gasteiger charge is 2.28. The van der Waals surface area contributed by atoms with Crippen molar-refractivity contribution in [1.82, 2.24) is 9.88 Å². The van der Waals surface area contributed by atoms with Crippen LogP contribution in [-0.4, -0.2) is 64.0 Å². The Morgan fingerprint density at radius 3 is 2.43 bits per heavy atom. The first kappa shape index (κ1) is 25.1. The second kappa shape index (κ2) is 10.8. The molecular weight excluding hydrogens is 492 g/mol. The number of thiazole rings is 1. The number of nitrogen functional groups attached to an aromatic ring is 1. The normalized spacial score (nSPS) is 19.1. The van der Waals surface area contributed by atoms with E-state index in [-0.39, 0.29) is 28.3 Å². The van der Waals surface area contributed by atoms with Crippen molar-refractivity contribution in [3.05, 3.63) is 69.1 Å². The van der Waals surface area contributed by atoms with Crippen LogP contribution < -0.4 is 16.0 Å². The molecule has 5 rings (SSSR count). The number of nitro groups is 1. The Kier molecular flexibility index (Phi) is 7.36. The topological polar surface area (TPSA) is 138 Å². The predicted octanol–water partition coefficient (Wildman–Crippen LogP) is 4.03. The van der Waals surface area contributed by atoms with Crippen LogP contribution in [-0.2, 0) is 0 Å². The number of piperidine rings is 2. The van der Waals surface area contributed by atoms with Gasteiger partial charge in [0.05, 0.1) is 11.0 Å². The van der Waals surface area contributed by atoms with Gasteiger partial charge in [-0.25, -0.2) is 4.98 Å². The van der Waals surface area contributed by atoms with Gasteiger partial charge in [0.1, 0.15) is 10.7 Å². The molecule has 0 saturated carbocycles. The minimum absolute atomic E-state index is 0.0779. The average Bonchev–Trinajstić information content (AvgIpc) is 3.28. The molecule has 2 saturated heterocycles. The number of aliphatic hydroxyl groups excluding tert-OH is 1. The molecule has 3 heterocycles. The number of anilines is 4. The Bertz CT molecular complexity index is 1260. The number of non-ortho nitro benzene ring substituents is 1. The smallest absolute Gasteiger partial charge is 0.269 e. The van der Waals surface area contributed by atoms with Gasteiger partial charge in [-0.1, -0.05) is 11.3 Å². The zero-order chi connectivity index (χ0) is 25.9. The third-order valence-electron chi connectivity index (χ3n) is 7.09. The maximum Gasteiger partial charge on any atom is 0.269 e. The van der Waals surface area contributed by atoms with Crippen LogP contribution in [0.5, 0.6) is 0 Å². The number of ketones is 1. The van der Waals surface area contributed by atoms with E-state index in [2.05, 4.69) is 32.2 Å². The highest BCUT2D eigenvalue weighted by Crippen LogP contribution is 2.31. The average molecular weight is 523 g/mol. The van der Waals surface area contributed by atoms with Gasteiger partial charge >= 0.3 is 0 Å². The predicted molar refractivity (Wildman–Crippen MR) is 145 cm³/mol. The van der Waals surface area contributed by atoms with Crippen LogP contribution in [0.25, 0.3) is 0 Å². The Balaban J connectivity index is 1.18. The number of aromatic nitrogens is 1. The Morgan fingerprint density at radius 2 is 1.78 bits per heavy atom. The van der Waals surface area contributed by atoms with Gasteiger partial charge in [0.25, 0.3) is 5.69 Å². The van der Waals surface area contributed by atoms with Crippen molar-refractivity contribution in [2.75, 3.05) is 42.1 Å². The largest absolute Gasteiger partial charge is 0.392 e. The molecule has 2 aliphatic rings. The van der Waals surface area contributed by atoms with Crippen molar-refractivity contribution >= 4 is 45.1 Å². The molecule has 2 aliphatic heterocycles. The summed E-state index contributed by atoms with van der Waals surface area (Å²) in [5.41, 5.74) is 8.25. The number of nitrogens with zero attached hydrogens (tertiary/aromatic N) is 4. The fraction of sp³-hybridized carbons (Fsp3) is 0.385. The molecule has 2 fully saturated rings. The van der Waals surface area contributed by atoms with Gasteiger partial charge in [-0.15, -0.1) is 0 Å². The van der Waals surface area contributed by atoms with Gasteiger partial charge in [0.15, 0.2) is 5.13 Å². The van der Waals surface area contributed by atoms with Gasteiger partial charge in [0.2, 0.25) is 5.78 Å². The van der Waals surface area contributed by atoms with Gasteiger partial charge in [0, 0.05) is 54.7 Å². The molecule has 0 amide bonds. The third kappa shape index (κ3) is 5.74. The number of aliphatic hydroxyl groups is 1. The number of hydrogen-bond donors (Lipinski definition) is 3. The number of hydrogen-bond acceptors (Lipinski definition) is 10. The molecule has 2 aromatic carbocycles. The Hall–Kier alpha value is -3.54. The Labute approximate surface area is 218 Å². The molecule has 4 N–H and O–H groups in total. The lowest BCUT2D eigenvalue weighted by atomic mass is 9.98. The fourth-order valence-corrected chi connectivity index (χ4v) is 5.96. The zero-order valence-electron chi connectivity index (χ0n) is 20.4. The SMILES string of the molecule is Nc1nc(Nc2ccc(N3CCC(N4CCCC(O)C4)CC3)cc2)sc1C(=O)c1ccc([N+](=O)[O-])cc1. The molecule has 1 atom stereocenters. The summed E-state index contributed by atoms with van der Waals surface area (Å²) in [4.78, 5) is 32.6. The molecule has 37 heavy (non-hydrogen) atoms. The van der Waals surface area contributed by atoms with E-state index < -0.39 is 4.92 Å². The lowest BCUT2D eigenvalue weighted by Crippen LogP contribution is -2.49. The van der Waals surface area contributed by atoms with Crippen molar-refractivity contribution in [3.8, 4) is 0 Å². The lowest BCUT2D eigenvalue weighted by molar-refractivity contribution is -0.384. The molecule has 0 spiro atoms. The number of nitro benzene ring substituents is 1.